The Hall–Kier alpha value is -2.70. The molecule has 3 rings (SSSR count). The van der Waals surface area contributed by atoms with Crippen molar-refractivity contribution >= 4 is 17.2 Å². The van der Waals surface area contributed by atoms with Crippen molar-refractivity contribution in [2.45, 2.75) is 0 Å². The Labute approximate surface area is 95.7 Å². The van der Waals surface area contributed by atoms with E-state index in [9.17, 15) is 4.79 Å². The zero-order valence-corrected chi connectivity index (χ0v) is 8.58. The topological polar surface area (TPSA) is 112 Å². The molecule has 7 heteroatoms. The van der Waals surface area contributed by atoms with Crippen molar-refractivity contribution in [2.75, 3.05) is 0 Å². The summed E-state index contributed by atoms with van der Waals surface area (Å²) in [5.41, 5.74) is 7.73. The molecule has 1 aliphatic heterocycles. The fourth-order valence-electron chi connectivity index (χ4n) is 1.79. The van der Waals surface area contributed by atoms with Crippen LogP contribution in [0.5, 0.6) is 0 Å². The van der Waals surface area contributed by atoms with Gasteiger partial charge in [-0.05, 0) is 16.5 Å². The zero-order valence-electron chi connectivity index (χ0n) is 8.58. The van der Waals surface area contributed by atoms with Gasteiger partial charge in [-0.2, -0.15) is 0 Å². The van der Waals surface area contributed by atoms with E-state index in [2.05, 4.69) is 25.9 Å². The lowest BCUT2D eigenvalue weighted by molar-refractivity contribution is -0.112. The van der Waals surface area contributed by atoms with Crippen molar-refractivity contribution in [3.63, 3.8) is 0 Å². The molecule has 0 unspecified atom stereocenters. The first-order valence-corrected chi connectivity index (χ1v) is 4.85. The summed E-state index contributed by atoms with van der Waals surface area (Å²) in [5.74, 6) is -0.0430. The third-order valence-corrected chi connectivity index (χ3v) is 2.51. The minimum absolute atomic E-state index is 0.368. The number of tetrazole rings is 1. The largest absolute Gasteiger partial charge is 0.366 e. The first kappa shape index (κ1) is 9.52. The van der Waals surface area contributed by atoms with E-state index >= 15 is 0 Å². The van der Waals surface area contributed by atoms with Gasteiger partial charge in [0.2, 0.25) is 0 Å². The van der Waals surface area contributed by atoms with E-state index < -0.39 is 5.91 Å². The van der Waals surface area contributed by atoms with Gasteiger partial charge in [-0.3, -0.25) is 10.1 Å². The Morgan fingerprint density at radius 3 is 2.94 bits per heavy atom. The molecule has 7 nitrogen and oxygen atoms in total. The standard InChI is InChI=1S/C10H7N6O/c11-9(17)6-4-12-7-3-1-2-5(8(6)7)10-13-15-16-14-10/h1-4H,(H2,11,17)(H,13,14,15,16). The molecule has 3 N–H and O–H groups in total. The number of nitrogens with one attached hydrogen (secondary N) is 1. The van der Waals surface area contributed by atoms with Crippen molar-refractivity contribution in [1.82, 2.24) is 25.9 Å². The molecule has 0 saturated heterocycles. The molecule has 2 heterocycles. The van der Waals surface area contributed by atoms with Crippen LogP contribution in [0.25, 0.3) is 17.0 Å². The number of hydrogen-bond donors (Lipinski definition) is 2. The van der Waals surface area contributed by atoms with Gasteiger partial charge in [0, 0.05) is 17.3 Å². The molecule has 0 bridgehead atoms. The highest BCUT2D eigenvalue weighted by Gasteiger charge is 2.24. The fourth-order valence-corrected chi connectivity index (χ4v) is 1.79. The van der Waals surface area contributed by atoms with Crippen molar-refractivity contribution in [3.05, 3.63) is 30.0 Å². The predicted octanol–water partition coefficient (Wildman–Crippen LogP) is -0.0576. The molecule has 2 aromatic rings. The van der Waals surface area contributed by atoms with Crippen LogP contribution in [0.4, 0.5) is 5.69 Å². The third-order valence-electron chi connectivity index (χ3n) is 2.51. The average molecular weight is 227 g/mol. The van der Waals surface area contributed by atoms with Crippen LogP contribution in [0.3, 0.4) is 0 Å². The summed E-state index contributed by atoms with van der Waals surface area (Å²) in [6.45, 7) is 0. The Kier molecular flexibility index (Phi) is 1.91. The van der Waals surface area contributed by atoms with Gasteiger partial charge < -0.3 is 5.73 Å². The van der Waals surface area contributed by atoms with Crippen LogP contribution in [0.2, 0.25) is 0 Å². The van der Waals surface area contributed by atoms with Gasteiger partial charge in [0.15, 0.2) is 5.82 Å². The first-order chi connectivity index (χ1) is 8.27. The number of fused-ring (bicyclic) bond motifs is 1. The summed E-state index contributed by atoms with van der Waals surface area (Å²) >= 11 is 0. The molecule has 0 saturated carbocycles. The van der Waals surface area contributed by atoms with Crippen LogP contribution in [-0.4, -0.2) is 26.5 Å². The van der Waals surface area contributed by atoms with E-state index in [0.717, 1.165) is 0 Å². The smallest absolute Gasteiger partial charge is 0.250 e. The van der Waals surface area contributed by atoms with Crippen LogP contribution >= 0.6 is 0 Å². The summed E-state index contributed by atoms with van der Waals surface area (Å²) in [7, 11) is 0. The number of carbonyl (C=O) groups excluding carboxylic acids is 1. The minimum Gasteiger partial charge on any atom is -0.366 e. The molecule has 1 aromatic heterocycles. The second kappa shape index (κ2) is 3.41. The molecule has 17 heavy (non-hydrogen) atoms. The molecule has 1 amide bonds. The van der Waals surface area contributed by atoms with Gasteiger partial charge in [0.05, 0.1) is 11.3 Å². The number of aromatic nitrogens is 4. The number of benzene rings is 1. The van der Waals surface area contributed by atoms with Crippen LogP contribution < -0.4 is 11.1 Å². The van der Waals surface area contributed by atoms with E-state index in [-0.39, 0.29) is 0 Å². The molecule has 1 aromatic carbocycles. The lowest BCUT2D eigenvalue weighted by Crippen LogP contribution is -2.12. The number of carbonyl (C=O) groups is 1. The van der Waals surface area contributed by atoms with Crippen molar-refractivity contribution in [3.8, 4) is 11.4 Å². The van der Waals surface area contributed by atoms with Crippen LogP contribution in [0.15, 0.2) is 24.4 Å². The van der Waals surface area contributed by atoms with Gasteiger partial charge in [-0.25, -0.2) is 5.10 Å². The third kappa shape index (κ3) is 1.36. The highest BCUT2D eigenvalue weighted by atomic mass is 16.1. The van der Waals surface area contributed by atoms with Crippen molar-refractivity contribution in [1.29, 1.82) is 0 Å². The van der Waals surface area contributed by atoms with E-state index in [1.807, 2.05) is 6.07 Å². The Bertz CT molecular complexity index is 616. The summed E-state index contributed by atoms with van der Waals surface area (Å²) in [5, 5.41) is 17.6. The molecular weight excluding hydrogens is 220 g/mol. The number of aromatic amines is 1. The molecular formula is C10H7N6O. The Morgan fingerprint density at radius 2 is 2.24 bits per heavy atom. The lowest BCUT2D eigenvalue weighted by Gasteiger charge is -2.05. The molecule has 1 aliphatic rings. The summed E-state index contributed by atoms with van der Waals surface area (Å²) < 4.78 is 0. The maximum atomic E-state index is 11.3. The first-order valence-electron chi connectivity index (χ1n) is 4.85. The van der Waals surface area contributed by atoms with E-state index in [0.29, 0.717) is 28.2 Å². The monoisotopic (exact) mass is 227 g/mol. The van der Waals surface area contributed by atoms with E-state index in [1.165, 1.54) is 6.20 Å². The predicted molar refractivity (Wildman–Crippen MR) is 58.6 cm³/mol. The number of nitrogens with two attached hydrogens (primary N) is 1. The van der Waals surface area contributed by atoms with Crippen molar-refractivity contribution < 1.29 is 4.79 Å². The maximum absolute atomic E-state index is 11.3. The van der Waals surface area contributed by atoms with Gasteiger partial charge in [0.1, 0.15) is 0 Å². The average Bonchev–Trinajstić information content (AvgIpc) is 2.97. The molecule has 0 spiro atoms. The van der Waals surface area contributed by atoms with Crippen LogP contribution in [0, 0.1) is 0 Å². The normalized spacial score (nSPS) is 12.8. The number of H-pyrrole nitrogens is 1. The minimum atomic E-state index is -0.521. The van der Waals surface area contributed by atoms with Crippen molar-refractivity contribution in [2.24, 2.45) is 5.73 Å². The summed E-state index contributed by atoms with van der Waals surface area (Å²) in [6, 6.07) is 5.42. The molecule has 0 atom stereocenters. The Balaban J connectivity index is 2.23. The van der Waals surface area contributed by atoms with E-state index in [1.54, 1.807) is 12.1 Å². The molecule has 1 radical (unpaired) electrons. The van der Waals surface area contributed by atoms with Gasteiger partial charge in [-0.15, -0.1) is 5.10 Å². The second-order valence-electron chi connectivity index (χ2n) is 3.49. The number of nitrogens with zero attached hydrogens (tertiary/aromatic N) is 4. The second-order valence-corrected chi connectivity index (χ2v) is 3.49. The maximum Gasteiger partial charge on any atom is 0.250 e. The number of amides is 1. The highest BCUT2D eigenvalue weighted by molar-refractivity contribution is 6.23. The zero-order chi connectivity index (χ0) is 11.8. The molecule has 0 aliphatic carbocycles. The quantitative estimate of drug-likeness (QED) is 0.748. The highest BCUT2D eigenvalue weighted by Crippen LogP contribution is 2.36. The van der Waals surface area contributed by atoms with Crippen LogP contribution in [0.1, 0.15) is 5.56 Å². The Morgan fingerprint density at radius 1 is 1.35 bits per heavy atom. The molecule has 83 valence electrons. The van der Waals surface area contributed by atoms with Crippen LogP contribution in [-0.2, 0) is 4.79 Å². The lowest BCUT2D eigenvalue weighted by atomic mass is 9.99. The van der Waals surface area contributed by atoms with Gasteiger partial charge in [0.25, 0.3) is 5.91 Å². The summed E-state index contributed by atoms with van der Waals surface area (Å²) in [6.07, 6.45) is 1.46. The SMILES string of the molecule is NC(=O)C1=C[N]c2cccc(-c3nnn[nH]3)c21. The van der Waals surface area contributed by atoms with Gasteiger partial charge in [-0.1, -0.05) is 12.1 Å². The van der Waals surface area contributed by atoms with Gasteiger partial charge >= 0.3 is 0 Å². The number of primary amides is 1. The molecule has 0 fully saturated rings. The number of hydrogen-bond acceptors (Lipinski definition) is 4. The van der Waals surface area contributed by atoms with E-state index in [4.69, 9.17) is 5.73 Å². The number of rotatable bonds is 2. The summed E-state index contributed by atoms with van der Waals surface area (Å²) in [4.78, 5) is 11.3. The fraction of sp³-hybridized carbons (Fsp3) is 0.